The Morgan fingerprint density at radius 3 is 1.00 bits per heavy atom. The highest BCUT2D eigenvalue weighted by atomic mass is 16.5. The van der Waals surface area contributed by atoms with E-state index in [-0.39, 0.29) is 79.4 Å². The lowest BCUT2D eigenvalue weighted by Gasteiger charge is -2.14. The van der Waals surface area contributed by atoms with Crippen LogP contribution in [0.4, 0.5) is 0 Å². The minimum atomic E-state index is -0.241. The zero-order valence-corrected chi connectivity index (χ0v) is 30.7. The number of aromatic hydroxyl groups is 4. The molecular weight excluding hydrogens is 716 g/mol. The molecule has 0 aliphatic rings. The van der Waals surface area contributed by atoms with Crippen LogP contribution in [0.3, 0.4) is 0 Å². The Balaban J connectivity index is 1.29. The van der Waals surface area contributed by atoms with Crippen LogP contribution in [0.5, 0.6) is 46.0 Å². The number of pyridine rings is 2. The average molecular weight is 753 g/mol. The Labute approximate surface area is 321 Å². The van der Waals surface area contributed by atoms with Crippen molar-refractivity contribution < 1.29 is 49.0 Å². The molecule has 56 heavy (non-hydrogen) atoms. The van der Waals surface area contributed by atoms with Crippen molar-refractivity contribution in [2.24, 2.45) is 0 Å². The van der Waals surface area contributed by atoms with Gasteiger partial charge in [-0.1, -0.05) is 24.3 Å². The summed E-state index contributed by atoms with van der Waals surface area (Å²) in [5.41, 5.74) is 5.41. The van der Waals surface area contributed by atoms with Gasteiger partial charge in [0.2, 0.25) is 0 Å². The number of phenols is 4. The molecular formula is C44H36N2O10. The van der Waals surface area contributed by atoms with Crippen molar-refractivity contribution in [1.29, 1.82) is 0 Å². The summed E-state index contributed by atoms with van der Waals surface area (Å²) in [5, 5.41) is 43.7. The van der Waals surface area contributed by atoms with Gasteiger partial charge in [0.15, 0.2) is 46.0 Å². The number of methoxy groups -OCH3 is 4. The maximum atomic E-state index is 11.6. The number of phenolic OH excluding ortho intramolecular Hbond substituents is 4. The number of carbonyl (C=O) groups excluding carboxylic acids is 2. The maximum absolute atomic E-state index is 11.6. The molecule has 4 N–H and O–H groups in total. The van der Waals surface area contributed by atoms with Gasteiger partial charge in [0.1, 0.15) is 12.6 Å². The van der Waals surface area contributed by atoms with Crippen LogP contribution in [0, 0.1) is 0 Å². The zero-order chi connectivity index (χ0) is 39.9. The van der Waals surface area contributed by atoms with Crippen LogP contribution in [0.2, 0.25) is 0 Å². The molecule has 0 fully saturated rings. The summed E-state index contributed by atoms with van der Waals surface area (Å²) in [5.74, 6) is -0.432. The summed E-state index contributed by atoms with van der Waals surface area (Å²) >= 11 is 0. The van der Waals surface area contributed by atoms with E-state index in [2.05, 4.69) is 9.97 Å². The van der Waals surface area contributed by atoms with E-state index in [1.54, 1.807) is 48.8 Å². The molecule has 0 spiro atoms. The lowest BCUT2D eigenvalue weighted by Crippen LogP contribution is -1.93. The minimum absolute atomic E-state index is 0.0803. The fraction of sp³-hybridized carbons (Fsp3) is 0.0909. The number of aldehydes is 2. The lowest BCUT2D eigenvalue weighted by atomic mass is 9.97. The normalized spacial score (nSPS) is 11.1. The Hall–Kier alpha value is -7.60. The molecule has 6 aromatic rings. The van der Waals surface area contributed by atoms with Gasteiger partial charge in [-0.2, -0.15) is 0 Å². The molecule has 0 amide bonds. The number of ether oxygens (including phenoxy) is 4. The van der Waals surface area contributed by atoms with Crippen molar-refractivity contribution in [3.05, 3.63) is 119 Å². The molecule has 282 valence electrons. The zero-order valence-electron chi connectivity index (χ0n) is 30.7. The van der Waals surface area contributed by atoms with Crippen LogP contribution in [0.15, 0.2) is 85.2 Å². The first-order valence-corrected chi connectivity index (χ1v) is 16.9. The van der Waals surface area contributed by atoms with Crippen LogP contribution < -0.4 is 18.9 Å². The molecule has 2 heterocycles. The van der Waals surface area contributed by atoms with Crippen molar-refractivity contribution >= 4 is 36.9 Å². The SMILES string of the molecule is COc1cc(C=O)cc(-c2cc(/C=C/c3ccnc(-c4cc(/C=C/c5cc(OC)c(O)c(-c6cc(C=O)cc(OC)c6O)c5)ccn4)c3)cc(OC)c2O)c1O. The van der Waals surface area contributed by atoms with Gasteiger partial charge in [-0.3, -0.25) is 19.6 Å². The van der Waals surface area contributed by atoms with E-state index in [0.717, 1.165) is 11.1 Å². The first-order chi connectivity index (χ1) is 27.1. The number of rotatable bonds is 13. The first-order valence-electron chi connectivity index (χ1n) is 16.9. The van der Waals surface area contributed by atoms with E-state index >= 15 is 0 Å². The predicted molar refractivity (Wildman–Crippen MR) is 213 cm³/mol. The van der Waals surface area contributed by atoms with Gasteiger partial charge in [0.05, 0.1) is 39.8 Å². The van der Waals surface area contributed by atoms with E-state index in [1.165, 1.54) is 52.7 Å². The average Bonchev–Trinajstić information content (AvgIpc) is 3.23. The summed E-state index contributed by atoms with van der Waals surface area (Å²) in [4.78, 5) is 32.2. The number of benzene rings is 4. The van der Waals surface area contributed by atoms with Crippen molar-refractivity contribution in [3.63, 3.8) is 0 Å². The maximum Gasteiger partial charge on any atom is 0.165 e. The number of aromatic nitrogens is 2. The fourth-order valence-electron chi connectivity index (χ4n) is 6.05. The summed E-state index contributed by atoms with van der Waals surface area (Å²) in [6.07, 6.45) is 11.9. The van der Waals surface area contributed by atoms with Crippen molar-refractivity contribution in [1.82, 2.24) is 9.97 Å². The molecule has 12 nitrogen and oxygen atoms in total. The first kappa shape index (κ1) is 38.1. The highest BCUT2D eigenvalue weighted by Crippen LogP contribution is 2.47. The van der Waals surface area contributed by atoms with Gasteiger partial charge in [-0.15, -0.1) is 0 Å². The summed E-state index contributed by atoms with van der Waals surface area (Å²) in [6, 6.07) is 19.7. The van der Waals surface area contributed by atoms with Gasteiger partial charge < -0.3 is 39.4 Å². The number of hydrogen-bond donors (Lipinski definition) is 4. The van der Waals surface area contributed by atoms with E-state index in [0.29, 0.717) is 35.1 Å². The summed E-state index contributed by atoms with van der Waals surface area (Å²) in [7, 11) is 5.57. The molecule has 12 heteroatoms. The minimum Gasteiger partial charge on any atom is -0.504 e. The highest BCUT2D eigenvalue weighted by Gasteiger charge is 2.20. The number of carbonyl (C=O) groups is 2. The molecule has 6 rings (SSSR count). The molecule has 0 aliphatic carbocycles. The van der Waals surface area contributed by atoms with E-state index < -0.39 is 0 Å². The standard InChI is InChI=1S/C44H36N2O10/c1-53-37-19-27(13-31(41(37)49)33-15-29(23-47)21-39(55-3)43(33)51)7-5-25-9-11-45-35(17-25)36-18-26(10-12-46-36)6-8-28-14-32(42(50)38(20-28)54-2)34-16-30(24-48)22-40(56-4)44(34)52/h5-24,49-52H,1-4H3/b7-5+,8-6+. The summed E-state index contributed by atoms with van der Waals surface area (Å²) in [6.45, 7) is 0. The molecule has 4 aromatic carbocycles. The predicted octanol–water partition coefficient (Wildman–Crippen LogP) is 8.30. The highest BCUT2D eigenvalue weighted by molar-refractivity contribution is 5.90. The second kappa shape index (κ2) is 16.6. The Bertz CT molecular complexity index is 2350. The molecule has 0 atom stereocenters. The molecule has 0 radical (unpaired) electrons. The topological polar surface area (TPSA) is 178 Å². The summed E-state index contributed by atoms with van der Waals surface area (Å²) < 4.78 is 21.3. The van der Waals surface area contributed by atoms with Crippen LogP contribution in [0.1, 0.15) is 43.0 Å². The van der Waals surface area contributed by atoms with Crippen LogP contribution in [-0.2, 0) is 0 Å². The van der Waals surface area contributed by atoms with Gasteiger partial charge in [-0.05, 0) is 95.1 Å². The Morgan fingerprint density at radius 1 is 0.411 bits per heavy atom. The fourth-order valence-corrected chi connectivity index (χ4v) is 6.05. The second-order valence-corrected chi connectivity index (χ2v) is 12.3. The molecule has 0 bridgehead atoms. The van der Waals surface area contributed by atoms with Gasteiger partial charge >= 0.3 is 0 Å². The van der Waals surface area contributed by atoms with Gasteiger partial charge in [0.25, 0.3) is 0 Å². The third-order valence-corrected chi connectivity index (χ3v) is 8.89. The molecule has 0 saturated carbocycles. The molecule has 0 aliphatic heterocycles. The monoisotopic (exact) mass is 752 g/mol. The van der Waals surface area contributed by atoms with E-state index in [9.17, 15) is 30.0 Å². The van der Waals surface area contributed by atoms with Crippen molar-refractivity contribution in [2.75, 3.05) is 28.4 Å². The van der Waals surface area contributed by atoms with Gasteiger partial charge in [-0.25, -0.2) is 0 Å². The number of nitrogens with zero attached hydrogens (tertiary/aromatic N) is 2. The van der Waals surface area contributed by atoms with Crippen LogP contribution in [-0.4, -0.2) is 71.4 Å². The Morgan fingerprint density at radius 2 is 0.696 bits per heavy atom. The Kier molecular flexibility index (Phi) is 11.3. The third-order valence-electron chi connectivity index (χ3n) is 8.89. The van der Waals surface area contributed by atoms with Crippen LogP contribution in [0.25, 0.3) is 57.9 Å². The van der Waals surface area contributed by atoms with E-state index in [4.69, 9.17) is 18.9 Å². The van der Waals surface area contributed by atoms with E-state index in [1.807, 2.05) is 36.4 Å². The number of hydrogen-bond acceptors (Lipinski definition) is 12. The quantitative estimate of drug-likeness (QED) is 0.0831. The van der Waals surface area contributed by atoms with Crippen molar-refractivity contribution in [3.8, 4) is 79.6 Å². The van der Waals surface area contributed by atoms with Crippen molar-refractivity contribution in [2.45, 2.75) is 0 Å². The lowest BCUT2D eigenvalue weighted by molar-refractivity contribution is 0.111. The largest absolute Gasteiger partial charge is 0.504 e. The molecule has 0 unspecified atom stereocenters. The smallest absolute Gasteiger partial charge is 0.165 e. The molecule has 2 aromatic heterocycles. The second-order valence-electron chi connectivity index (χ2n) is 12.3. The van der Waals surface area contributed by atoms with Gasteiger partial charge in [0, 0.05) is 45.8 Å². The van der Waals surface area contributed by atoms with Crippen LogP contribution >= 0.6 is 0 Å². The molecule has 0 saturated heterocycles. The third kappa shape index (κ3) is 7.85.